The third kappa shape index (κ3) is 4.54. The van der Waals surface area contributed by atoms with Crippen molar-refractivity contribution in [2.24, 2.45) is 0 Å². The van der Waals surface area contributed by atoms with Gasteiger partial charge in [0.25, 0.3) is 0 Å². The SMILES string of the molecule is CCOc1ccccc1CSc1n[nH]c(=O)n1CCc1ccccc1. The molecule has 0 aliphatic rings. The van der Waals surface area contributed by atoms with E-state index >= 15 is 0 Å². The molecule has 1 aromatic heterocycles. The average molecular weight is 355 g/mol. The minimum absolute atomic E-state index is 0.170. The number of rotatable bonds is 8. The Morgan fingerprint density at radius 1 is 1.12 bits per heavy atom. The summed E-state index contributed by atoms with van der Waals surface area (Å²) in [4.78, 5) is 12.0. The van der Waals surface area contributed by atoms with Gasteiger partial charge < -0.3 is 4.74 Å². The first-order valence-electron chi connectivity index (χ1n) is 8.30. The van der Waals surface area contributed by atoms with Crippen LogP contribution in [0.4, 0.5) is 0 Å². The van der Waals surface area contributed by atoms with Crippen LogP contribution in [0.1, 0.15) is 18.1 Å². The van der Waals surface area contributed by atoms with Crippen LogP contribution in [-0.2, 0) is 18.7 Å². The van der Waals surface area contributed by atoms with Gasteiger partial charge in [-0.25, -0.2) is 9.89 Å². The smallest absolute Gasteiger partial charge is 0.343 e. The maximum atomic E-state index is 12.0. The largest absolute Gasteiger partial charge is 0.494 e. The summed E-state index contributed by atoms with van der Waals surface area (Å²) < 4.78 is 7.35. The highest BCUT2D eigenvalue weighted by atomic mass is 32.2. The summed E-state index contributed by atoms with van der Waals surface area (Å²) >= 11 is 1.54. The zero-order valence-electron chi connectivity index (χ0n) is 14.1. The number of H-pyrrole nitrogens is 1. The molecule has 130 valence electrons. The zero-order chi connectivity index (χ0) is 17.5. The number of para-hydroxylation sites is 1. The molecular weight excluding hydrogens is 334 g/mol. The normalized spacial score (nSPS) is 10.8. The van der Waals surface area contributed by atoms with E-state index in [4.69, 9.17) is 4.74 Å². The molecule has 3 aromatic rings. The number of ether oxygens (including phenoxy) is 1. The number of hydrogen-bond acceptors (Lipinski definition) is 4. The molecule has 3 rings (SSSR count). The van der Waals surface area contributed by atoms with Gasteiger partial charge in [0.2, 0.25) is 0 Å². The van der Waals surface area contributed by atoms with Gasteiger partial charge in [0.1, 0.15) is 5.75 Å². The Morgan fingerprint density at radius 2 is 1.88 bits per heavy atom. The quantitative estimate of drug-likeness (QED) is 0.628. The molecule has 25 heavy (non-hydrogen) atoms. The molecule has 0 atom stereocenters. The first-order valence-corrected chi connectivity index (χ1v) is 9.29. The van der Waals surface area contributed by atoms with Crippen molar-refractivity contribution in [3.63, 3.8) is 0 Å². The molecule has 1 N–H and O–H groups in total. The molecule has 6 heteroatoms. The number of thioether (sulfide) groups is 1. The highest BCUT2D eigenvalue weighted by molar-refractivity contribution is 7.98. The third-order valence-corrected chi connectivity index (χ3v) is 4.84. The number of aryl methyl sites for hydroxylation is 1. The average Bonchev–Trinajstić information content (AvgIpc) is 3.00. The summed E-state index contributed by atoms with van der Waals surface area (Å²) in [5, 5.41) is 7.42. The maximum Gasteiger partial charge on any atom is 0.343 e. The Kier molecular flexibility index (Phi) is 5.95. The molecule has 1 heterocycles. The molecule has 2 aromatic carbocycles. The van der Waals surface area contributed by atoms with Gasteiger partial charge in [0.05, 0.1) is 6.61 Å². The monoisotopic (exact) mass is 355 g/mol. The summed E-state index contributed by atoms with van der Waals surface area (Å²) in [5.41, 5.74) is 2.13. The molecule has 0 unspecified atom stereocenters. The number of aromatic amines is 1. The second-order valence-corrected chi connectivity index (χ2v) is 6.47. The van der Waals surface area contributed by atoms with Crippen molar-refractivity contribution >= 4 is 11.8 Å². The van der Waals surface area contributed by atoms with E-state index in [0.717, 1.165) is 17.7 Å². The van der Waals surface area contributed by atoms with Gasteiger partial charge in [-0.15, -0.1) is 5.10 Å². The van der Waals surface area contributed by atoms with Crippen LogP contribution < -0.4 is 10.4 Å². The lowest BCUT2D eigenvalue weighted by atomic mass is 10.1. The van der Waals surface area contributed by atoms with Crippen LogP contribution >= 0.6 is 11.8 Å². The highest BCUT2D eigenvalue weighted by Gasteiger charge is 2.11. The molecule has 0 saturated heterocycles. The molecular formula is C19H21N3O2S. The second kappa shape index (κ2) is 8.58. The Balaban J connectivity index is 1.69. The minimum Gasteiger partial charge on any atom is -0.494 e. The van der Waals surface area contributed by atoms with E-state index in [0.29, 0.717) is 24.1 Å². The summed E-state index contributed by atoms with van der Waals surface area (Å²) in [6.07, 6.45) is 0.795. The zero-order valence-corrected chi connectivity index (χ0v) is 15.0. The number of aromatic nitrogens is 3. The van der Waals surface area contributed by atoms with Gasteiger partial charge in [0, 0.05) is 17.9 Å². The van der Waals surface area contributed by atoms with Crippen LogP contribution in [0.5, 0.6) is 5.75 Å². The Morgan fingerprint density at radius 3 is 2.68 bits per heavy atom. The van der Waals surface area contributed by atoms with Gasteiger partial charge in [-0.2, -0.15) is 0 Å². The fourth-order valence-electron chi connectivity index (χ4n) is 2.56. The molecule has 0 saturated carbocycles. The predicted octanol–water partition coefficient (Wildman–Crippen LogP) is 3.51. The first-order chi connectivity index (χ1) is 12.3. The van der Waals surface area contributed by atoms with E-state index in [1.807, 2.05) is 49.4 Å². The lowest BCUT2D eigenvalue weighted by Gasteiger charge is -2.10. The van der Waals surface area contributed by atoms with E-state index in [9.17, 15) is 4.79 Å². The van der Waals surface area contributed by atoms with Crippen molar-refractivity contribution in [1.29, 1.82) is 0 Å². The molecule has 0 aliphatic carbocycles. The number of nitrogens with zero attached hydrogens (tertiary/aromatic N) is 2. The Bertz CT molecular complexity index is 858. The fourth-order valence-corrected chi connectivity index (χ4v) is 3.52. The van der Waals surface area contributed by atoms with Crippen molar-refractivity contribution in [1.82, 2.24) is 14.8 Å². The second-order valence-electron chi connectivity index (χ2n) is 5.53. The van der Waals surface area contributed by atoms with Gasteiger partial charge in [-0.1, -0.05) is 60.3 Å². The Hall–Kier alpha value is -2.47. The van der Waals surface area contributed by atoms with Crippen LogP contribution in [0.3, 0.4) is 0 Å². The van der Waals surface area contributed by atoms with E-state index in [1.54, 1.807) is 4.57 Å². The molecule has 0 bridgehead atoms. The number of benzene rings is 2. The van der Waals surface area contributed by atoms with Crippen molar-refractivity contribution < 1.29 is 4.74 Å². The fraction of sp³-hybridized carbons (Fsp3) is 0.263. The van der Waals surface area contributed by atoms with Gasteiger partial charge in [-0.3, -0.25) is 4.57 Å². The molecule has 5 nitrogen and oxygen atoms in total. The van der Waals surface area contributed by atoms with E-state index in [-0.39, 0.29) is 5.69 Å². The highest BCUT2D eigenvalue weighted by Crippen LogP contribution is 2.26. The summed E-state index contributed by atoms with van der Waals surface area (Å²) in [7, 11) is 0. The molecule has 0 aliphatic heterocycles. The van der Waals surface area contributed by atoms with Crippen molar-refractivity contribution in [3.8, 4) is 5.75 Å². The van der Waals surface area contributed by atoms with Crippen molar-refractivity contribution in [3.05, 3.63) is 76.2 Å². The summed E-state index contributed by atoms with van der Waals surface area (Å²) in [6.45, 7) is 3.21. The summed E-state index contributed by atoms with van der Waals surface area (Å²) in [5.74, 6) is 1.58. The number of nitrogens with one attached hydrogen (secondary N) is 1. The van der Waals surface area contributed by atoms with Crippen LogP contribution in [0, 0.1) is 0 Å². The van der Waals surface area contributed by atoms with E-state index in [1.165, 1.54) is 17.3 Å². The van der Waals surface area contributed by atoms with Gasteiger partial charge in [0.15, 0.2) is 5.16 Å². The maximum absolute atomic E-state index is 12.0. The van der Waals surface area contributed by atoms with E-state index in [2.05, 4.69) is 22.3 Å². The van der Waals surface area contributed by atoms with E-state index < -0.39 is 0 Å². The molecule has 0 fully saturated rings. The van der Waals surface area contributed by atoms with Crippen molar-refractivity contribution in [2.45, 2.75) is 30.8 Å². The Labute approximate surface area is 151 Å². The standard InChI is InChI=1S/C19H21N3O2S/c1-2-24-17-11-7-6-10-16(17)14-25-19-21-20-18(23)22(19)13-12-15-8-4-3-5-9-15/h3-11H,2,12-14H2,1H3,(H,20,23). The van der Waals surface area contributed by atoms with Crippen LogP contribution in [0.25, 0.3) is 0 Å². The molecule has 0 spiro atoms. The van der Waals surface area contributed by atoms with Gasteiger partial charge in [-0.05, 0) is 25.0 Å². The van der Waals surface area contributed by atoms with Crippen LogP contribution in [-0.4, -0.2) is 21.4 Å². The van der Waals surface area contributed by atoms with Crippen LogP contribution in [0.15, 0.2) is 64.5 Å². The molecule has 0 amide bonds. The first kappa shape index (κ1) is 17.4. The van der Waals surface area contributed by atoms with Crippen molar-refractivity contribution in [2.75, 3.05) is 6.61 Å². The topological polar surface area (TPSA) is 59.9 Å². The predicted molar refractivity (Wildman–Crippen MR) is 100 cm³/mol. The van der Waals surface area contributed by atoms with Crippen LogP contribution in [0.2, 0.25) is 0 Å². The summed E-state index contributed by atoms with van der Waals surface area (Å²) in [6, 6.07) is 18.1. The third-order valence-electron chi connectivity index (χ3n) is 3.82. The van der Waals surface area contributed by atoms with Gasteiger partial charge >= 0.3 is 5.69 Å². The minimum atomic E-state index is -0.170. The number of hydrogen-bond donors (Lipinski definition) is 1. The molecule has 0 radical (unpaired) electrons. The lowest BCUT2D eigenvalue weighted by molar-refractivity contribution is 0.337. The lowest BCUT2D eigenvalue weighted by Crippen LogP contribution is -2.18.